The van der Waals surface area contributed by atoms with Gasteiger partial charge in [0.25, 0.3) is 0 Å². The highest BCUT2D eigenvalue weighted by Gasteiger charge is 2.20. The summed E-state index contributed by atoms with van der Waals surface area (Å²) in [6.07, 6.45) is 6.33. The zero-order chi connectivity index (χ0) is 50.8. The molecule has 362 valence electrons. The highest BCUT2D eigenvalue weighted by atomic mass is 127. The molecule has 0 aromatic heterocycles. The average Bonchev–Trinajstić information content (AvgIpc) is 3.38. The van der Waals surface area contributed by atoms with E-state index in [9.17, 15) is 14.9 Å². The van der Waals surface area contributed by atoms with Gasteiger partial charge in [0, 0.05) is 6.42 Å². The molecule has 0 aliphatic carbocycles. The minimum atomic E-state index is -0.745. The molecule has 3 aliphatic rings. The lowest BCUT2D eigenvalue weighted by Gasteiger charge is -2.19. The highest BCUT2D eigenvalue weighted by Crippen LogP contribution is 2.32. The molecule has 4 aromatic carbocycles. The van der Waals surface area contributed by atoms with Crippen LogP contribution in [0, 0.1) is 40.1 Å². The summed E-state index contributed by atoms with van der Waals surface area (Å²) in [4.78, 5) is 21.6. The first kappa shape index (κ1) is 66.5. The number of aliphatic carboxylic acids is 1. The summed E-state index contributed by atoms with van der Waals surface area (Å²) in [5.74, 6) is 1.79. The van der Waals surface area contributed by atoms with Crippen LogP contribution in [-0.4, -0.2) is 36.9 Å². The van der Waals surface area contributed by atoms with Crippen LogP contribution in [0.15, 0.2) is 66.7 Å². The molecule has 0 unspecified atom stereocenters. The molecular weight excluding hydrogens is 928 g/mol. The molecule has 0 saturated heterocycles. The fraction of sp³-hybridized carbons (Fsp3) is 0.491. The van der Waals surface area contributed by atoms with Crippen LogP contribution in [0.25, 0.3) is 0 Å². The minimum Gasteiger partial charge on any atom is -0.492 e. The zero-order valence-corrected chi connectivity index (χ0v) is 45.2. The van der Waals surface area contributed by atoms with Crippen LogP contribution < -0.4 is 18.9 Å². The molecule has 0 amide bonds. The Morgan fingerprint density at radius 3 is 1.38 bits per heavy atom. The molecule has 10 heteroatoms. The number of benzene rings is 4. The molecule has 0 saturated carbocycles. The normalized spacial score (nSPS) is 11.0. The molecule has 0 fully saturated rings. The molecular formula is C55H83IN2O7. The van der Waals surface area contributed by atoms with Gasteiger partial charge < -0.3 is 24.1 Å². The Morgan fingerprint density at radius 1 is 0.600 bits per heavy atom. The summed E-state index contributed by atoms with van der Waals surface area (Å²) in [5, 5.41) is 25.8. The van der Waals surface area contributed by atoms with E-state index in [1.807, 2.05) is 116 Å². The number of carboxylic acids is 1. The minimum absolute atomic E-state index is 0.222. The van der Waals surface area contributed by atoms with E-state index in [1.54, 1.807) is 37.3 Å². The second-order valence-electron chi connectivity index (χ2n) is 12.1. The third-order valence-electron chi connectivity index (χ3n) is 7.98. The van der Waals surface area contributed by atoms with Gasteiger partial charge in [0.05, 0.1) is 40.1 Å². The predicted molar refractivity (Wildman–Crippen MR) is 281 cm³/mol. The smallest absolute Gasteiger partial charge is 0.343 e. The van der Waals surface area contributed by atoms with Crippen LogP contribution in [0.5, 0.6) is 23.0 Å². The molecule has 0 radical (unpaired) electrons. The van der Waals surface area contributed by atoms with Crippen molar-refractivity contribution in [3.05, 3.63) is 115 Å². The molecule has 1 N–H and O–H groups in total. The Morgan fingerprint density at radius 2 is 0.969 bits per heavy atom. The molecule has 0 spiro atoms. The number of fused-ring (bicyclic) bond motifs is 3. The van der Waals surface area contributed by atoms with Gasteiger partial charge in [0.15, 0.2) is 0 Å². The molecule has 4 aromatic rings. The van der Waals surface area contributed by atoms with Crippen LogP contribution >= 0.6 is 22.6 Å². The zero-order valence-electron chi connectivity index (χ0n) is 43.1. The second-order valence-corrected chi connectivity index (χ2v) is 13.2. The van der Waals surface area contributed by atoms with Gasteiger partial charge in [-0.2, -0.15) is 10.5 Å². The van der Waals surface area contributed by atoms with Crippen molar-refractivity contribution in [1.29, 1.82) is 10.5 Å². The van der Waals surface area contributed by atoms with Gasteiger partial charge in [-0.3, -0.25) is 4.79 Å². The number of halogens is 1. The number of nitrogens with zero attached hydrogens (tertiary/aromatic N) is 2. The van der Waals surface area contributed by atoms with E-state index >= 15 is 0 Å². The van der Waals surface area contributed by atoms with Crippen LogP contribution in [0.4, 0.5) is 0 Å². The summed E-state index contributed by atoms with van der Waals surface area (Å²) in [6.45, 7) is 36.0. The van der Waals surface area contributed by atoms with E-state index in [0.717, 1.165) is 67.9 Å². The molecule has 0 atom stereocenters. The van der Waals surface area contributed by atoms with Gasteiger partial charge in [0.2, 0.25) is 0 Å². The number of aryl methyl sites for hydroxylation is 5. The number of carbonyl (C=O) groups is 2. The van der Waals surface area contributed by atoms with Crippen molar-refractivity contribution in [2.24, 2.45) is 0 Å². The average molecular weight is 1010 g/mol. The van der Waals surface area contributed by atoms with Crippen molar-refractivity contribution in [1.82, 2.24) is 0 Å². The fourth-order valence-electron chi connectivity index (χ4n) is 5.65. The second kappa shape index (κ2) is 44.1. The molecule has 65 heavy (non-hydrogen) atoms. The SMILES string of the molecule is CC.CC.CC.CC.CC.CC.CC.CCC(=O)O.Cc1cc(C#N)c2c(c1)CCCO2.Cc1cc(I)c2c(c1)CCCO2.N#Cc1cc(C(=O)Oc2ccccc2)cc2c1OCCC2. The molecule has 3 heterocycles. The van der Waals surface area contributed by atoms with Crippen LogP contribution in [0.1, 0.15) is 179 Å². The number of esters is 1. The number of nitriles is 2. The number of hydrogen-bond acceptors (Lipinski definition) is 8. The van der Waals surface area contributed by atoms with Crippen molar-refractivity contribution in [3.8, 4) is 35.1 Å². The van der Waals surface area contributed by atoms with Gasteiger partial charge in [-0.25, -0.2) is 4.79 Å². The lowest BCUT2D eigenvalue weighted by molar-refractivity contribution is -0.136. The summed E-state index contributed by atoms with van der Waals surface area (Å²) < 4.78 is 23.2. The predicted octanol–water partition coefficient (Wildman–Crippen LogP) is 15.9. The van der Waals surface area contributed by atoms with E-state index < -0.39 is 11.9 Å². The van der Waals surface area contributed by atoms with E-state index in [2.05, 4.69) is 59.9 Å². The Kier molecular flexibility index (Phi) is 45.2. The maximum absolute atomic E-state index is 12.2. The summed E-state index contributed by atoms with van der Waals surface area (Å²) in [6, 6.07) is 24.8. The number of carboxylic acid groups (broad SMARTS) is 1. The van der Waals surface area contributed by atoms with Crippen molar-refractivity contribution in [3.63, 3.8) is 0 Å². The fourth-order valence-corrected chi connectivity index (χ4v) is 6.64. The van der Waals surface area contributed by atoms with Gasteiger partial charge in [-0.15, -0.1) is 0 Å². The number of hydrogen-bond donors (Lipinski definition) is 1. The van der Waals surface area contributed by atoms with Gasteiger partial charge in [0.1, 0.15) is 35.1 Å². The van der Waals surface area contributed by atoms with Gasteiger partial charge in [-0.1, -0.05) is 134 Å². The van der Waals surface area contributed by atoms with E-state index in [-0.39, 0.29) is 6.42 Å². The summed E-state index contributed by atoms with van der Waals surface area (Å²) in [5.41, 5.74) is 7.36. The number of rotatable bonds is 3. The molecule has 9 nitrogen and oxygen atoms in total. The molecule has 7 rings (SSSR count). The standard InChI is InChI=1S/C17H13NO3.C11H11NO.C10H11IO.C3H6O2.7C2H6/c18-11-14-10-13(9-12-5-4-8-20-16(12)14)17(19)21-15-6-2-1-3-7-15;1-8-5-9-3-2-4-13-11(9)10(6-8)7-12;1-7-5-8-3-2-4-12-10(8)9(11)6-7;1-2-3(4)5;7*1-2/h1-3,6-7,9-10H,4-5,8H2;5-6H,2-4H2,1H3;5-6H,2-4H2,1H3;2H2,1H3,(H,4,5);7*1-2H3. The Hall–Kier alpha value is -5.07. The quantitative estimate of drug-likeness (QED) is 0.121. The van der Waals surface area contributed by atoms with E-state index in [1.165, 1.54) is 32.7 Å². The van der Waals surface area contributed by atoms with Crippen molar-refractivity contribution in [2.45, 2.75) is 163 Å². The largest absolute Gasteiger partial charge is 0.492 e. The maximum Gasteiger partial charge on any atom is 0.343 e. The summed E-state index contributed by atoms with van der Waals surface area (Å²) in [7, 11) is 0. The van der Waals surface area contributed by atoms with Crippen LogP contribution in [-0.2, 0) is 24.1 Å². The van der Waals surface area contributed by atoms with Crippen molar-refractivity contribution < 1.29 is 33.6 Å². The Bertz CT molecular complexity index is 1930. The van der Waals surface area contributed by atoms with Crippen LogP contribution in [0.2, 0.25) is 0 Å². The third-order valence-corrected chi connectivity index (χ3v) is 8.79. The van der Waals surface area contributed by atoms with Crippen molar-refractivity contribution >= 4 is 34.5 Å². The van der Waals surface area contributed by atoms with Gasteiger partial charge in [-0.05, 0) is 139 Å². The topological polar surface area (TPSA) is 139 Å². The highest BCUT2D eigenvalue weighted by molar-refractivity contribution is 14.1. The van der Waals surface area contributed by atoms with Crippen LogP contribution in [0.3, 0.4) is 0 Å². The molecule has 3 aliphatic heterocycles. The number of para-hydroxylation sites is 1. The molecule has 0 bridgehead atoms. The summed E-state index contributed by atoms with van der Waals surface area (Å²) >= 11 is 2.34. The Labute approximate surface area is 409 Å². The first-order valence-corrected chi connectivity index (χ1v) is 25.0. The first-order chi connectivity index (χ1) is 31.6. The maximum atomic E-state index is 12.2. The van der Waals surface area contributed by atoms with Gasteiger partial charge >= 0.3 is 11.9 Å². The lowest BCUT2D eigenvalue weighted by Crippen LogP contribution is -2.14. The van der Waals surface area contributed by atoms with Crippen molar-refractivity contribution in [2.75, 3.05) is 19.8 Å². The van der Waals surface area contributed by atoms with E-state index in [0.29, 0.717) is 34.8 Å². The Balaban J connectivity index is -0.000000371. The third kappa shape index (κ3) is 25.9. The monoisotopic (exact) mass is 1010 g/mol. The lowest BCUT2D eigenvalue weighted by atomic mass is 9.99. The van der Waals surface area contributed by atoms with E-state index in [4.69, 9.17) is 29.3 Å². The number of ether oxygens (including phenoxy) is 4. The number of carbonyl (C=O) groups excluding carboxylic acids is 1. The first-order valence-electron chi connectivity index (χ1n) is 23.9.